The summed E-state index contributed by atoms with van der Waals surface area (Å²) in [6.45, 7) is 6.55. The van der Waals surface area contributed by atoms with Crippen molar-refractivity contribution in [3.05, 3.63) is 93.9 Å². The van der Waals surface area contributed by atoms with Crippen molar-refractivity contribution < 1.29 is 9.53 Å². The van der Waals surface area contributed by atoms with Crippen LogP contribution in [0.5, 0.6) is 5.75 Å². The second-order valence-electron chi connectivity index (χ2n) is 8.21. The SMILES string of the molecule is CCOc1ccc(NC(=O)c2ccc3ncc4c(=O)n(-c5ccc(C)c(C)c5)[nH]c4c3c2)cc1. The van der Waals surface area contributed by atoms with E-state index in [1.54, 1.807) is 36.5 Å². The van der Waals surface area contributed by atoms with Crippen LogP contribution in [-0.2, 0) is 0 Å². The minimum atomic E-state index is -0.251. The third-order valence-corrected chi connectivity index (χ3v) is 5.96. The van der Waals surface area contributed by atoms with Gasteiger partial charge in [-0.1, -0.05) is 6.07 Å². The first-order valence-electron chi connectivity index (χ1n) is 11.1. The van der Waals surface area contributed by atoms with Gasteiger partial charge in [-0.3, -0.25) is 19.7 Å². The van der Waals surface area contributed by atoms with Crippen molar-refractivity contribution in [1.29, 1.82) is 0 Å². The highest BCUT2D eigenvalue weighted by molar-refractivity contribution is 6.10. The van der Waals surface area contributed by atoms with Gasteiger partial charge in [-0.25, -0.2) is 4.68 Å². The van der Waals surface area contributed by atoms with E-state index in [1.807, 2.05) is 51.1 Å². The molecule has 3 aromatic carbocycles. The highest BCUT2D eigenvalue weighted by atomic mass is 16.5. The Kier molecular flexibility index (Phi) is 5.37. The van der Waals surface area contributed by atoms with Crippen molar-refractivity contribution >= 4 is 33.4 Å². The average Bonchev–Trinajstić information content (AvgIpc) is 3.19. The topological polar surface area (TPSA) is 89.0 Å². The number of anilines is 1. The number of nitrogens with one attached hydrogen (secondary N) is 2. The number of rotatable bonds is 5. The first kappa shape index (κ1) is 21.5. The number of aromatic amines is 1. The van der Waals surface area contributed by atoms with E-state index in [0.717, 1.165) is 22.6 Å². The molecule has 0 fully saturated rings. The molecule has 7 heteroatoms. The molecule has 0 bridgehead atoms. The van der Waals surface area contributed by atoms with Crippen LogP contribution in [0.15, 0.2) is 71.7 Å². The van der Waals surface area contributed by atoms with Crippen molar-refractivity contribution in [1.82, 2.24) is 14.8 Å². The van der Waals surface area contributed by atoms with Crippen molar-refractivity contribution in [2.45, 2.75) is 20.8 Å². The summed E-state index contributed by atoms with van der Waals surface area (Å²) in [6.07, 6.45) is 1.58. The number of aromatic nitrogens is 3. The van der Waals surface area contributed by atoms with Gasteiger partial charge in [0.25, 0.3) is 11.5 Å². The number of hydrogen-bond donors (Lipinski definition) is 2. The molecular formula is C27H24N4O3. The average molecular weight is 453 g/mol. The van der Waals surface area contributed by atoms with Gasteiger partial charge >= 0.3 is 0 Å². The van der Waals surface area contributed by atoms with E-state index >= 15 is 0 Å². The zero-order valence-electron chi connectivity index (χ0n) is 19.2. The third kappa shape index (κ3) is 3.81. The maximum absolute atomic E-state index is 13.1. The third-order valence-electron chi connectivity index (χ3n) is 5.96. The van der Waals surface area contributed by atoms with Crippen LogP contribution < -0.4 is 15.6 Å². The number of ether oxygens (including phenoxy) is 1. The number of aryl methyl sites for hydroxylation is 2. The molecule has 0 saturated carbocycles. The zero-order chi connectivity index (χ0) is 23.8. The molecule has 0 aliphatic carbocycles. The molecule has 0 aliphatic rings. The van der Waals surface area contributed by atoms with Gasteiger partial charge in [-0.15, -0.1) is 0 Å². The Morgan fingerprint density at radius 2 is 1.79 bits per heavy atom. The van der Waals surface area contributed by atoms with Gasteiger partial charge in [-0.2, -0.15) is 0 Å². The fraction of sp³-hybridized carbons (Fsp3) is 0.148. The molecule has 2 aromatic heterocycles. The molecule has 0 spiro atoms. The van der Waals surface area contributed by atoms with Crippen molar-refractivity contribution in [2.24, 2.45) is 0 Å². The van der Waals surface area contributed by atoms with Crippen molar-refractivity contribution in [2.75, 3.05) is 11.9 Å². The lowest BCUT2D eigenvalue weighted by atomic mass is 10.1. The molecule has 5 rings (SSSR count). The van der Waals surface area contributed by atoms with Crippen molar-refractivity contribution in [3.63, 3.8) is 0 Å². The fourth-order valence-corrected chi connectivity index (χ4v) is 3.95. The normalized spacial score (nSPS) is 11.1. The molecule has 2 heterocycles. The summed E-state index contributed by atoms with van der Waals surface area (Å²) in [5.41, 5.74) is 5.29. The Bertz CT molecular complexity index is 1600. The molecule has 0 aliphatic heterocycles. The molecule has 0 saturated heterocycles. The summed E-state index contributed by atoms with van der Waals surface area (Å²) in [7, 11) is 0. The zero-order valence-corrected chi connectivity index (χ0v) is 19.2. The van der Waals surface area contributed by atoms with Crippen LogP contribution in [0.4, 0.5) is 5.69 Å². The van der Waals surface area contributed by atoms with Crippen LogP contribution in [0.3, 0.4) is 0 Å². The fourth-order valence-electron chi connectivity index (χ4n) is 3.95. The van der Waals surface area contributed by atoms with Crippen LogP contribution in [0, 0.1) is 13.8 Å². The molecule has 5 aromatic rings. The number of pyridine rings is 1. The standard InChI is InChI=1S/C27H24N4O3/c1-4-34-21-10-7-19(8-11-21)29-26(32)18-6-12-24-22(14-18)25-23(15-28-24)27(33)31(30-25)20-9-5-16(2)17(3)13-20/h5-15,30H,4H2,1-3H3,(H,29,32). The van der Waals surface area contributed by atoms with Crippen LogP contribution >= 0.6 is 0 Å². The Balaban J connectivity index is 1.53. The van der Waals surface area contributed by atoms with Gasteiger partial charge in [0, 0.05) is 22.8 Å². The molecule has 34 heavy (non-hydrogen) atoms. The van der Waals surface area contributed by atoms with E-state index in [2.05, 4.69) is 15.4 Å². The van der Waals surface area contributed by atoms with Crippen molar-refractivity contribution in [3.8, 4) is 11.4 Å². The van der Waals surface area contributed by atoms with Crippen LogP contribution in [0.2, 0.25) is 0 Å². The first-order valence-corrected chi connectivity index (χ1v) is 11.1. The monoisotopic (exact) mass is 452 g/mol. The maximum atomic E-state index is 13.1. The quantitative estimate of drug-likeness (QED) is 0.387. The second-order valence-corrected chi connectivity index (χ2v) is 8.21. The van der Waals surface area contributed by atoms with Gasteiger partial charge in [0.1, 0.15) is 5.75 Å². The van der Waals surface area contributed by atoms with E-state index in [-0.39, 0.29) is 11.5 Å². The highest BCUT2D eigenvalue weighted by Crippen LogP contribution is 2.24. The van der Waals surface area contributed by atoms with Crippen LogP contribution in [-0.4, -0.2) is 27.3 Å². The summed E-state index contributed by atoms with van der Waals surface area (Å²) in [5, 5.41) is 7.30. The number of hydrogen-bond acceptors (Lipinski definition) is 4. The minimum absolute atomic E-state index is 0.183. The van der Waals surface area contributed by atoms with Gasteiger partial charge in [-0.05, 0) is 86.5 Å². The minimum Gasteiger partial charge on any atom is -0.494 e. The van der Waals surface area contributed by atoms with E-state index in [1.165, 1.54) is 4.68 Å². The molecule has 2 N–H and O–H groups in total. The van der Waals surface area contributed by atoms with E-state index in [4.69, 9.17) is 4.74 Å². The Morgan fingerprint density at radius 3 is 2.53 bits per heavy atom. The molecular weight excluding hydrogens is 428 g/mol. The number of nitrogens with zero attached hydrogens (tertiary/aromatic N) is 2. The summed E-state index contributed by atoms with van der Waals surface area (Å²) in [4.78, 5) is 30.5. The molecule has 170 valence electrons. The van der Waals surface area contributed by atoms with Crippen LogP contribution in [0.25, 0.3) is 27.5 Å². The second kappa shape index (κ2) is 8.51. The number of carbonyl (C=O) groups is 1. The number of benzene rings is 3. The number of carbonyl (C=O) groups excluding carboxylic acids is 1. The lowest BCUT2D eigenvalue weighted by Gasteiger charge is -2.08. The summed E-state index contributed by atoms with van der Waals surface area (Å²) >= 11 is 0. The van der Waals surface area contributed by atoms with E-state index in [9.17, 15) is 9.59 Å². The molecule has 1 amide bonds. The summed E-state index contributed by atoms with van der Waals surface area (Å²) < 4.78 is 6.96. The predicted molar refractivity (Wildman–Crippen MR) is 134 cm³/mol. The summed E-state index contributed by atoms with van der Waals surface area (Å²) in [5.74, 6) is 0.496. The molecule has 0 radical (unpaired) electrons. The van der Waals surface area contributed by atoms with Crippen LogP contribution in [0.1, 0.15) is 28.4 Å². The number of H-pyrrole nitrogens is 1. The van der Waals surface area contributed by atoms with Gasteiger partial charge < -0.3 is 10.1 Å². The molecule has 0 atom stereocenters. The maximum Gasteiger partial charge on any atom is 0.280 e. The lowest BCUT2D eigenvalue weighted by molar-refractivity contribution is 0.102. The first-order chi connectivity index (χ1) is 16.4. The Hall–Kier alpha value is -4.39. The van der Waals surface area contributed by atoms with Gasteiger partial charge in [0.2, 0.25) is 0 Å². The Morgan fingerprint density at radius 1 is 1.00 bits per heavy atom. The number of amides is 1. The van der Waals surface area contributed by atoms with Gasteiger partial charge in [0.05, 0.1) is 28.7 Å². The molecule has 0 unspecified atom stereocenters. The Labute approximate surface area is 196 Å². The largest absolute Gasteiger partial charge is 0.494 e. The number of fused-ring (bicyclic) bond motifs is 3. The van der Waals surface area contributed by atoms with E-state index in [0.29, 0.717) is 39.7 Å². The van der Waals surface area contributed by atoms with E-state index < -0.39 is 0 Å². The highest BCUT2D eigenvalue weighted by Gasteiger charge is 2.15. The smallest absolute Gasteiger partial charge is 0.280 e. The summed E-state index contributed by atoms with van der Waals surface area (Å²) in [6, 6.07) is 18.4. The lowest BCUT2D eigenvalue weighted by Crippen LogP contribution is -2.14. The predicted octanol–water partition coefficient (Wildman–Crippen LogP) is 5.13. The molecule has 7 nitrogen and oxygen atoms in total. The van der Waals surface area contributed by atoms with Gasteiger partial charge in [0.15, 0.2) is 0 Å².